The van der Waals surface area contributed by atoms with Crippen molar-refractivity contribution in [3.8, 4) is 0 Å². The first-order valence-corrected chi connectivity index (χ1v) is 3.02. The third-order valence-corrected chi connectivity index (χ3v) is 1.17. The van der Waals surface area contributed by atoms with Crippen molar-refractivity contribution in [3.63, 3.8) is 0 Å². The summed E-state index contributed by atoms with van der Waals surface area (Å²) in [6, 6.07) is 0. The molecule has 0 aliphatic carbocycles. The van der Waals surface area contributed by atoms with Gasteiger partial charge in [0, 0.05) is 12.5 Å². The summed E-state index contributed by atoms with van der Waals surface area (Å²) < 4.78 is 11.7. The van der Waals surface area contributed by atoms with E-state index < -0.39 is 0 Å². The van der Waals surface area contributed by atoms with Gasteiger partial charge in [-0.05, 0) is 6.42 Å². The molecule has 0 aromatic heterocycles. The second-order valence-corrected chi connectivity index (χ2v) is 1.99. The van der Waals surface area contributed by atoms with E-state index in [1.807, 2.05) is 6.92 Å². The number of hydrogen-bond donors (Lipinski definition) is 1. The quantitative estimate of drug-likeness (QED) is 0.594. The molecule has 1 atom stereocenters. The van der Waals surface area contributed by atoms with Crippen LogP contribution in [0.1, 0.15) is 19.8 Å². The highest BCUT2D eigenvalue weighted by Crippen LogP contribution is 2.04. The predicted molar refractivity (Wildman–Crippen MR) is 31.5 cm³/mol. The molecule has 0 amide bonds. The molecule has 50 valence electrons. The molecule has 0 heterocycles. The van der Waals surface area contributed by atoms with Gasteiger partial charge in [0.1, 0.15) is 0 Å². The van der Waals surface area contributed by atoms with Gasteiger partial charge in [-0.3, -0.25) is 4.39 Å². The second-order valence-electron chi connectivity index (χ2n) is 1.99. The van der Waals surface area contributed by atoms with Crippen LogP contribution in [0, 0.1) is 5.92 Å². The van der Waals surface area contributed by atoms with E-state index in [1.165, 1.54) is 0 Å². The molecule has 0 saturated carbocycles. The van der Waals surface area contributed by atoms with Crippen LogP contribution in [0.25, 0.3) is 0 Å². The first-order chi connectivity index (χ1) is 3.85. The van der Waals surface area contributed by atoms with Crippen molar-refractivity contribution in [3.05, 3.63) is 0 Å². The molecule has 0 spiro atoms. The summed E-state index contributed by atoms with van der Waals surface area (Å²) in [5.74, 6) is -0.111. The average Bonchev–Trinajstić information content (AvgIpc) is 1.83. The van der Waals surface area contributed by atoms with Gasteiger partial charge in [-0.1, -0.05) is 13.3 Å². The van der Waals surface area contributed by atoms with Crippen LogP contribution in [0.15, 0.2) is 0 Å². The van der Waals surface area contributed by atoms with Crippen molar-refractivity contribution in [1.82, 2.24) is 0 Å². The normalized spacial score (nSPS) is 13.9. The van der Waals surface area contributed by atoms with E-state index in [4.69, 9.17) is 5.11 Å². The van der Waals surface area contributed by atoms with Crippen LogP contribution >= 0.6 is 0 Å². The van der Waals surface area contributed by atoms with Crippen molar-refractivity contribution >= 4 is 0 Å². The van der Waals surface area contributed by atoms with Crippen LogP contribution in [0.3, 0.4) is 0 Å². The highest BCUT2D eigenvalue weighted by atomic mass is 19.1. The van der Waals surface area contributed by atoms with Crippen molar-refractivity contribution in [2.24, 2.45) is 5.92 Å². The number of alkyl halides is 1. The van der Waals surface area contributed by atoms with Gasteiger partial charge in [-0.25, -0.2) is 0 Å². The lowest BCUT2D eigenvalue weighted by Gasteiger charge is -2.05. The fraction of sp³-hybridized carbons (Fsp3) is 1.00. The smallest absolute Gasteiger partial charge is 0.0944 e. The molecule has 0 fully saturated rings. The Morgan fingerprint density at radius 3 is 2.38 bits per heavy atom. The summed E-state index contributed by atoms with van der Waals surface area (Å²) in [5.41, 5.74) is 0. The average molecular weight is 120 g/mol. The molecule has 8 heavy (non-hydrogen) atoms. The molecular weight excluding hydrogens is 107 g/mol. The third-order valence-electron chi connectivity index (χ3n) is 1.17. The van der Waals surface area contributed by atoms with E-state index in [9.17, 15) is 4.39 Å². The lowest BCUT2D eigenvalue weighted by molar-refractivity contribution is 0.189. The number of rotatable bonds is 4. The third kappa shape index (κ3) is 2.97. The van der Waals surface area contributed by atoms with Crippen LogP contribution in [0.4, 0.5) is 4.39 Å². The first kappa shape index (κ1) is 7.89. The van der Waals surface area contributed by atoms with E-state index in [2.05, 4.69) is 0 Å². The van der Waals surface area contributed by atoms with Gasteiger partial charge < -0.3 is 5.11 Å². The maximum atomic E-state index is 11.7. The molecule has 1 unspecified atom stereocenters. The topological polar surface area (TPSA) is 20.2 Å². The second kappa shape index (κ2) is 5.04. The van der Waals surface area contributed by atoms with Gasteiger partial charge in [0.05, 0.1) is 6.67 Å². The predicted octanol–water partition coefficient (Wildman–Crippen LogP) is 1.36. The van der Waals surface area contributed by atoms with Crippen LogP contribution in [0.5, 0.6) is 0 Å². The highest BCUT2D eigenvalue weighted by molar-refractivity contribution is 4.52. The lowest BCUT2D eigenvalue weighted by atomic mass is 10.1. The molecule has 0 aliphatic heterocycles. The number of hydrogen-bond acceptors (Lipinski definition) is 1. The number of aliphatic hydroxyl groups excluding tert-OH is 1. The fourth-order valence-electron chi connectivity index (χ4n) is 0.625. The highest BCUT2D eigenvalue weighted by Gasteiger charge is 2.02. The summed E-state index contributed by atoms with van der Waals surface area (Å²) in [7, 11) is 0. The van der Waals surface area contributed by atoms with E-state index >= 15 is 0 Å². The van der Waals surface area contributed by atoms with Crippen LogP contribution in [-0.2, 0) is 0 Å². The molecule has 0 aromatic rings. The minimum absolute atomic E-state index is 0.00958. The zero-order valence-corrected chi connectivity index (χ0v) is 5.23. The minimum Gasteiger partial charge on any atom is -0.396 e. The Bertz CT molecular complexity index is 43.8. The molecule has 0 bridgehead atoms. The maximum absolute atomic E-state index is 11.7. The van der Waals surface area contributed by atoms with Gasteiger partial charge in [-0.2, -0.15) is 0 Å². The summed E-state index contributed by atoms with van der Waals surface area (Å²) in [4.78, 5) is 0. The molecular formula is C6H13FO. The molecule has 1 nitrogen and oxygen atoms in total. The Morgan fingerprint density at radius 2 is 2.25 bits per heavy atom. The van der Waals surface area contributed by atoms with Crippen molar-refractivity contribution in [1.29, 1.82) is 0 Å². The van der Waals surface area contributed by atoms with Gasteiger partial charge in [0.25, 0.3) is 0 Å². The zero-order chi connectivity index (χ0) is 6.41. The van der Waals surface area contributed by atoms with Gasteiger partial charge in [-0.15, -0.1) is 0 Å². The Hall–Kier alpha value is -0.110. The molecule has 2 heteroatoms. The summed E-state index contributed by atoms with van der Waals surface area (Å²) in [6.45, 7) is 1.59. The molecule has 0 radical (unpaired) electrons. The largest absolute Gasteiger partial charge is 0.396 e. The van der Waals surface area contributed by atoms with E-state index in [0.29, 0.717) is 0 Å². The standard InChI is InChI=1S/C6H13FO/c1-2-3-6(4-7)5-8/h6,8H,2-5H2,1H3. The Labute approximate surface area is 49.5 Å². The van der Waals surface area contributed by atoms with E-state index in [0.717, 1.165) is 12.8 Å². The molecule has 1 N–H and O–H groups in total. The molecule has 0 aliphatic rings. The maximum Gasteiger partial charge on any atom is 0.0944 e. The Morgan fingerprint density at radius 1 is 1.62 bits per heavy atom. The van der Waals surface area contributed by atoms with Gasteiger partial charge >= 0.3 is 0 Å². The SMILES string of the molecule is CCCC(CO)CF. The monoisotopic (exact) mass is 120 g/mol. The van der Waals surface area contributed by atoms with E-state index in [1.54, 1.807) is 0 Å². The first-order valence-electron chi connectivity index (χ1n) is 3.02. The molecule has 0 aromatic carbocycles. The molecule has 0 saturated heterocycles. The summed E-state index contributed by atoms with van der Waals surface area (Å²) >= 11 is 0. The van der Waals surface area contributed by atoms with Gasteiger partial charge in [0.2, 0.25) is 0 Å². The zero-order valence-electron chi connectivity index (χ0n) is 5.23. The van der Waals surface area contributed by atoms with Crippen LogP contribution < -0.4 is 0 Å². The number of halogens is 1. The summed E-state index contributed by atoms with van der Waals surface area (Å²) in [5, 5.41) is 8.42. The Kier molecular flexibility index (Phi) is 4.97. The van der Waals surface area contributed by atoms with Crippen LogP contribution in [0.2, 0.25) is 0 Å². The van der Waals surface area contributed by atoms with Crippen molar-refractivity contribution in [2.45, 2.75) is 19.8 Å². The van der Waals surface area contributed by atoms with Gasteiger partial charge in [0.15, 0.2) is 0 Å². The summed E-state index contributed by atoms with van der Waals surface area (Å²) in [6.07, 6.45) is 1.75. The van der Waals surface area contributed by atoms with E-state index in [-0.39, 0.29) is 19.2 Å². The van der Waals surface area contributed by atoms with Crippen LogP contribution in [-0.4, -0.2) is 18.4 Å². The minimum atomic E-state index is -0.385. The van der Waals surface area contributed by atoms with Crippen molar-refractivity contribution in [2.75, 3.05) is 13.3 Å². The fourth-order valence-corrected chi connectivity index (χ4v) is 0.625. The number of aliphatic hydroxyl groups is 1. The molecule has 0 rings (SSSR count). The Balaban J connectivity index is 3.07. The lowest BCUT2D eigenvalue weighted by Crippen LogP contribution is -2.06. The van der Waals surface area contributed by atoms with Crippen molar-refractivity contribution < 1.29 is 9.50 Å².